The molecule has 3 aromatic rings. The summed E-state index contributed by atoms with van der Waals surface area (Å²) in [7, 11) is 0. The first-order valence-corrected chi connectivity index (χ1v) is 9.22. The molecule has 2 unspecified atom stereocenters. The molecular formula is C24H22N2O2. The molecule has 0 saturated carbocycles. The van der Waals surface area contributed by atoms with Gasteiger partial charge in [0.1, 0.15) is 5.75 Å². The fraction of sp³-hybridized carbons (Fsp3) is 0.167. The van der Waals surface area contributed by atoms with E-state index in [1.54, 1.807) is 31.2 Å². The predicted molar refractivity (Wildman–Crippen MR) is 109 cm³/mol. The quantitative estimate of drug-likeness (QED) is 0.669. The van der Waals surface area contributed by atoms with E-state index in [2.05, 4.69) is 23.5 Å². The summed E-state index contributed by atoms with van der Waals surface area (Å²) in [6.07, 6.45) is 0.0371. The molecule has 4 heteroatoms. The Hall–Kier alpha value is -3.58. The van der Waals surface area contributed by atoms with Gasteiger partial charge >= 0.3 is 0 Å². The van der Waals surface area contributed by atoms with Crippen LogP contribution in [0.15, 0.2) is 84.9 Å². The molecule has 4 nitrogen and oxygen atoms in total. The molecule has 3 aromatic carbocycles. The van der Waals surface area contributed by atoms with Crippen molar-refractivity contribution < 1.29 is 9.53 Å². The largest absolute Gasteiger partial charge is 0.481 e. The van der Waals surface area contributed by atoms with Gasteiger partial charge < -0.3 is 10.1 Å². The molecule has 0 radical (unpaired) electrons. The zero-order chi connectivity index (χ0) is 19.8. The lowest BCUT2D eigenvalue weighted by Gasteiger charge is -2.22. The van der Waals surface area contributed by atoms with E-state index in [4.69, 9.17) is 10.00 Å². The number of rotatable bonds is 7. The number of hydrogen-bond acceptors (Lipinski definition) is 3. The third kappa shape index (κ3) is 5.21. The van der Waals surface area contributed by atoms with Crippen LogP contribution in [0.4, 0.5) is 0 Å². The lowest BCUT2D eigenvalue weighted by atomic mass is 9.98. The Morgan fingerprint density at radius 1 is 0.964 bits per heavy atom. The zero-order valence-electron chi connectivity index (χ0n) is 15.7. The molecule has 0 aromatic heterocycles. The minimum absolute atomic E-state index is 0.150. The molecule has 2 atom stereocenters. The third-order valence-electron chi connectivity index (χ3n) is 4.47. The molecule has 1 amide bonds. The van der Waals surface area contributed by atoms with Crippen LogP contribution in [0.1, 0.15) is 29.7 Å². The Kier molecular flexibility index (Phi) is 6.43. The van der Waals surface area contributed by atoms with E-state index in [9.17, 15) is 4.79 Å². The summed E-state index contributed by atoms with van der Waals surface area (Å²) in [5, 5.41) is 12.0. The van der Waals surface area contributed by atoms with Gasteiger partial charge in [-0.15, -0.1) is 0 Å². The highest BCUT2D eigenvalue weighted by Crippen LogP contribution is 2.19. The van der Waals surface area contributed by atoms with E-state index < -0.39 is 6.10 Å². The number of nitrogens with zero attached hydrogens (tertiary/aromatic N) is 1. The van der Waals surface area contributed by atoms with Crippen molar-refractivity contribution in [1.82, 2.24) is 5.32 Å². The van der Waals surface area contributed by atoms with Gasteiger partial charge in [0.05, 0.1) is 17.7 Å². The highest BCUT2D eigenvalue weighted by Gasteiger charge is 2.20. The Labute approximate surface area is 165 Å². The molecule has 0 heterocycles. The summed E-state index contributed by atoms with van der Waals surface area (Å²) in [4.78, 5) is 12.8. The first-order valence-electron chi connectivity index (χ1n) is 9.22. The fourth-order valence-electron chi connectivity index (χ4n) is 2.94. The average molecular weight is 370 g/mol. The van der Waals surface area contributed by atoms with E-state index in [0.29, 0.717) is 17.7 Å². The zero-order valence-corrected chi connectivity index (χ0v) is 15.7. The smallest absolute Gasteiger partial charge is 0.261 e. The number of benzene rings is 3. The first kappa shape index (κ1) is 19.2. The molecule has 0 aliphatic carbocycles. The van der Waals surface area contributed by atoms with E-state index in [0.717, 1.165) is 11.1 Å². The van der Waals surface area contributed by atoms with Crippen LogP contribution in [0.3, 0.4) is 0 Å². The summed E-state index contributed by atoms with van der Waals surface area (Å²) in [6.45, 7) is 1.72. The number of nitrogens with one attached hydrogen (secondary N) is 1. The molecule has 0 bridgehead atoms. The van der Waals surface area contributed by atoms with Gasteiger partial charge in [-0.2, -0.15) is 5.26 Å². The summed E-state index contributed by atoms with van der Waals surface area (Å²) < 4.78 is 5.74. The number of nitriles is 1. The molecule has 0 aliphatic heterocycles. The molecule has 0 spiro atoms. The summed E-state index contributed by atoms with van der Waals surface area (Å²) in [5.41, 5.74) is 2.75. The van der Waals surface area contributed by atoms with Crippen LogP contribution in [-0.2, 0) is 11.2 Å². The van der Waals surface area contributed by atoms with Crippen LogP contribution in [0.25, 0.3) is 0 Å². The number of hydrogen-bond donors (Lipinski definition) is 1. The number of ether oxygens (including phenoxy) is 1. The Balaban J connectivity index is 1.70. The van der Waals surface area contributed by atoms with Crippen LogP contribution in [0, 0.1) is 11.3 Å². The molecule has 1 N–H and O–H groups in total. The summed E-state index contributed by atoms with van der Waals surface area (Å²) in [5.74, 6) is 0.370. The maximum atomic E-state index is 12.8. The molecular weight excluding hydrogens is 348 g/mol. The minimum atomic E-state index is -0.657. The maximum absolute atomic E-state index is 12.8. The number of amides is 1. The van der Waals surface area contributed by atoms with Crippen molar-refractivity contribution in [3.05, 3.63) is 102 Å². The fourth-order valence-corrected chi connectivity index (χ4v) is 2.94. The van der Waals surface area contributed by atoms with E-state index in [-0.39, 0.29) is 11.9 Å². The normalized spacial score (nSPS) is 12.4. The van der Waals surface area contributed by atoms with Crippen LogP contribution in [-0.4, -0.2) is 12.0 Å². The second-order valence-corrected chi connectivity index (χ2v) is 6.56. The van der Waals surface area contributed by atoms with Gasteiger partial charge in [-0.1, -0.05) is 60.7 Å². The highest BCUT2D eigenvalue weighted by atomic mass is 16.5. The van der Waals surface area contributed by atoms with Crippen molar-refractivity contribution >= 4 is 5.91 Å². The van der Waals surface area contributed by atoms with Gasteiger partial charge in [-0.3, -0.25) is 4.79 Å². The summed E-state index contributed by atoms with van der Waals surface area (Å²) >= 11 is 0. The van der Waals surface area contributed by atoms with Gasteiger partial charge in [0.2, 0.25) is 0 Å². The standard InChI is InChI=1S/C24H22N2O2/c1-18(28-22-14-12-20(17-25)13-15-22)24(27)26-23(21-10-6-3-7-11-21)16-19-8-4-2-5-9-19/h2-15,18,23H,16H2,1H3,(H,26,27). The van der Waals surface area contributed by atoms with Crippen LogP contribution in [0.5, 0.6) is 5.75 Å². The van der Waals surface area contributed by atoms with Gasteiger partial charge in [0.15, 0.2) is 6.10 Å². The van der Waals surface area contributed by atoms with Gasteiger partial charge in [-0.05, 0) is 48.7 Å². The minimum Gasteiger partial charge on any atom is -0.481 e. The lowest BCUT2D eigenvalue weighted by Crippen LogP contribution is -2.39. The van der Waals surface area contributed by atoms with Crippen molar-refractivity contribution in [2.75, 3.05) is 0 Å². The number of carbonyl (C=O) groups is 1. The van der Waals surface area contributed by atoms with Crippen molar-refractivity contribution in [2.45, 2.75) is 25.5 Å². The van der Waals surface area contributed by atoms with Crippen LogP contribution in [0.2, 0.25) is 0 Å². The van der Waals surface area contributed by atoms with Gasteiger partial charge in [0, 0.05) is 0 Å². The highest BCUT2D eigenvalue weighted by molar-refractivity contribution is 5.81. The van der Waals surface area contributed by atoms with E-state index in [1.807, 2.05) is 48.5 Å². The van der Waals surface area contributed by atoms with Crippen LogP contribution < -0.4 is 10.1 Å². The Morgan fingerprint density at radius 2 is 1.57 bits per heavy atom. The monoisotopic (exact) mass is 370 g/mol. The molecule has 0 aliphatic rings. The maximum Gasteiger partial charge on any atom is 0.261 e. The van der Waals surface area contributed by atoms with Crippen molar-refractivity contribution in [1.29, 1.82) is 5.26 Å². The van der Waals surface area contributed by atoms with Crippen LogP contribution >= 0.6 is 0 Å². The summed E-state index contributed by atoms with van der Waals surface area (Å²) in [6, 6.07) is 28.6. The topological polar surface area (TPSA) is 62.1 Å². The number of carbonyl (C=O) groups excluding carboxylic acids is 1. The van der Waals surface area contributed by atoms with Crippen molar-refractivity contribution in [3.8, 4) is 11.8 Å². The Morgan fingerprint density at radius 3 is 2.18 bits per heavy atom. The van der Waals surface area contributed by atoms with Crippen molar-refractivity contribution in [2.24, 2.45) is 0 Å². The lowest BCUT2D eigenvalue weighted by molar-refractivity contribution is -0.128. The molecule has 3 rings (SSSR count). The SMILES string of the molecule is CC(Oc1ccc(C#N)cc1)C(=O)NC(Cc1ccccc1)c1ccccc1. The first-order chi connectivity index (χ1) is 13.7. The second kappa shape index (κ2) is 9.38. The van der Waals surface area contributed by atoms with Crippen molar-refractivity contribution in [3.63, 3.8) is 0 Å². The predicted octanol–water partition coefficient (Wildman–Crippen LogP) is 4.43. The Bertz CT molecular complexity index is 932. The average Bonchev–Trinajstić information content (AvgIpc) is 2.75. The van der Waals surface area contributed by atoms with Gasteiger partial charge in [-0.25, -0.2) is 0 Å². The second-order valence-electron chi connectivity index (χ2n) is 6.56. The van der Waals surface area contributed by atoms with E-state index >= 15 is 0 Å². The molecule has 0 saturated heterocycles. The molecule has 140 valence electrons. The molecule has 28 heavy (non-hydrogen) atoms. The van der Waals surface area contributed by atoms with E-state index in [1.165, 1.54) is 0 Å². The third-order valence-corrected chi connectivity index (χ3v) is 4.47. The molecule has 0 fully saturated rings. The van der Waals surface area contributed by atoms with Gasteiger partial charge in [0.25, 0.3) is 5.91 Å².